The van der Waals surface area contributed by atoms with Crippen LogP contribution in [0.25, 0.3) is 10.6 Å². The van der Waals surface area contributed by atoms with E-state index in [1.54, 1.807) is 11.3 Å². The first-order chi connectivity index (χ1) is 10.4. The number of nitrogens with two attached hydrogens (primary N) is 1. The van der Waals surface area contributed by atoms with Crippen LogP contribution in [0.2, 0.25) is 5.02 Å². The first-order valence-electron chi connectivity index (χ1n) is 7.22. The van der Waals surface area contributed by atoms with E-state index in [0.29, 0.717) is 5.02 Å². The SMILES string of the molecule is Cc1nc(-c2ccc(Cl)cc2)sc1C(C)NC(=O)C1(N)CC1.Cl. The highest BCUT2D eigenvalue weighted by atomic mass is 35.5. The predicted octanol–water partition coefficient (Wildman–Crippen LogP) is 3.86. The van der Waals surface area contributed by atoms with E-state index in [1.165, 1.54) is 0 Å². The van der Waals surface area contributed by atoms with Crippen molar-refractivity contribution < 1.29 is 4.79 Å². The minimum Gasteiger partial charge on any atom is -0.347 e. The highest BCUT2D eigenvalue weighted by molar-refractivity contribution is 7.15. The predicted molar refractivity (Wildman–Crippen MR) is 97.3 cm³/mol. The first-order valence-corrected chi connectivity index (χ1v) is 8.41. The summed E-state index contributed by atoms with van der Waals surface area (Å²) in [5.41, 5.74) is 7.24. The van der Waals surface area contributed by atoms with Gasteiger partial charge in [-0.3, -0.25) is 4.79 Å². The van der Waals surface area contributed by atoms with E-state index in [9.17, 15) is 4.79 Å². The van der Waals surface area contributed by atoms with Gasteiger partial charge in [-0.25, -0.2) is 4.98 Å². The largest absolute Gasteiger partial charge is 0.347 e. The molecule has 1 aliphatic rings. The Morgan fingerprint density at radius 1 is 1.39 bits per heavy atom. The van der Waals surface area contributed by atoms with Gasteiger partial charge in [0.2, 0.25) is 5.91 Å². The number of aryl methyl sites for hydroxylation is 1. The van der Waals surface area contributed by atoms with Crippen molar-refractivity contribution in [3.05, 3.63) is 39.9 Å². The fourth-order valence-corrected chi connectivity index (χ4v) is 3.49. The Labute approximate surface area is 150 Å². The standard InChI is InChI=1S/C16H18ClN3OS.ClH/c1-9-13(10(2)20-15(21)16(18)7-8-16)22-14(19-9)11-3-5-12(17)6-4-11;/h3-6,10H,7-8,18H2,1-2H3,(H,20,21);1H. The molecule has 0 aliphatic heterocycles. The van der Waals surface area contributed by atoms with Crippen LogP contribution in [0.5, 0.6) is 0 Å². The Balaban J connectivity index is 0.00000192. The van der Waals surface area contributed by atoms with E-state index in [1.807, 2.05) is 38.1 Å². The molecule has 1 atom stereocenters. The summed E-state index contributed by atoms with van der Waals surface area (Å²) in [4.78, 5) is 17.7. The van der Waals surface area contributed by atoms with Crippen LogP contribution in [0.4, 0.5) is 0 Å². The summed E-state index contributed by atoms with van der Waals surface area (Å²) in [6.45, 7) is 3.93. The van der Waals surface area contributed by atoms with Gasteiger partial charge in [0.15, 0.2) is 0 Å². The fourth-order valence-electron chi connectivity index (χ4n) is 2.29. The van der Waals surface area contributed by atoms with Gasteiger partial charge in [0, 0.05) is 10.6 Å². The Morgan fingerprint density at radius 3 is 2.57 bits per heavy atom. The molecule has 1 heterocycles. The topological polar surface area (TPSA) is 68.0 Å². The molecule has 23 heavy (non-hydrogen) atoms. The van der Waals surface area contributed by atoms with Gasteiger partial charge in [-0.1, -0.05) is 23.7 Å². The van der Waals surface area contributed by atoms with Crippen molar-refractivity contribution in [2.45, 2.75) is 38.3 Å². The molecule has 124 valence electrons. The molecule has 3 rings (SSSR count). The van der Waals surface area contributed by atoms with Crippen LogP contribution in [-0.2, 0) is 4.79 Å². The minimum absolute atomic E-state index is 0. The summed E-state index contributed by atoms with van der Waals surface area (Å²) in [7, 11) is 0. The molecule has 4 nitrogen and oxygen atoms in total. The van der Waals surface area contributed by atoms with Crippen LogP contribution >= 0.6 is 35.3 Å². The molecule has 0 saturated heterocycles. The molecule has 1 amide bonds. The summed E-state index contributed by atoms with van der Waals surface area (Å²) in [6.07, 6.45) is 1.53. The van der Waals surface area contributed by atoms with E-state index in [-0.39, 0.29) is 24.4 Å². The van der Waals surface area contributed by atoms with Gasteiger partial charge < -0.3 is 11.1 Å². The van der Waals surface area contributed by atoms with Gasteiger partial charge in [-0.15, -0.1) is 23.7 Å². The molecule has 2 aromatic rings. The molecule has 0 spiro atoms. The maximum Gasteiger partial charge on any atom is 0.240 e. The number of thiazole rings is 1. The van der Waals surface area contributed by atoms with E-state index in [0.717, 1.165) is 34.0 Å². The number of halogens is 2. The molecule has 1 aliphatic carbocycles. The van der Waals surface area contributed by atoms with E-state index >= 15 is 0 Å². The molecule has 1 fully saturated rings. The summed E-state index contributed by atoms with van der Waals surface area (Å²) < 4.78 is 0. The van der Waals surface area contributed by atoms with Gasteiger partial charge in [-0.05, 0) is 38.8 Å². The van der Waals surface area contributed by atoms with Crippen molar-refractivity contribution in [1.82, 2.24) is 10.3 Å². The number of rotatable bonds is 4. The lowest BCUT2D eigenvalue weighted by atomic mass is 10.2. The number of carbonyl (C=O) groups excluding carboxylic acids is 1. The quantitative estimate of drug-likeness (QED) is 0.856. The summed E-state index contributed by atoms with van der Waals surface area (Å²) in [5.74, 6) is -0.0687. The fraction of sp³-hybridized carbons (Fsp3) is 0.375. The summed E-state index contributed by atoms with van der Waals surface area (Å²) >= 11 is 7.51. The van der Waals surface area contributed by atoms with Gasteiger partial charge in [0.25, 0.3) is 0 Å². The molecule has 1 aromatic carbocycles. The number of nitrogens with zero attached hydrogens (tertiary/aromatic N) is 1. The van der Waals surface area contributed by atoms with Crippen molar-refractivity contribution in [2.75, 3.05) is 0 Å². The van der Waals surface area contributed by atoms with Crippen molar-refractivity contribution >= 4 is 41.3 Å². The molecule has 1 aromatic heterocycles. The zero-order valence-corrected chi connectivity index (χ0v) is 15.3. The Bertz CT molecular complexity index is 711. The number of benzene rings is 1. The molecular formula is C16H19Cl2N3OS. The molecule has 3 N–H and O–H groups in total. The van der Waals surface area contributed by atoms with Crippen molar-refractivity contribution in [1.29, 1.82) is 0 Å². The molecular weight excluding hydrogens is 353 g/mol. The highest BCUT2D eigenvalue weighted by Gasteiger charge is 2.46. The van der Waals surface area contributed by atoms with Gasteiger partial charge in [-0.2, -0.15) is 0 Å². The van der Waals surface area contributed by atoms with Gasteiger partial charge in [0.1, 0.15) is 5.01 Å². The van der Waals surface area contributed by atoms with Crippen molar-refractivity contribution in [3.8, 4) is 10.6 Å². The highest BCUT2D eigenvalue weighted by Crippen LogP contribution is 2.35. The zero-order valence-electron chi connectivity index (χ0n) is 12.9. The number of carbonyl (C=O) groups is 1. The number of nitrogens with one attached hydrogen (secondary N) is 1. The van der Waals surface area contributed by atoms with E-state index < -0.39 is 5.54 Å². The second-order valence-corrected chi connectivity index (χ2v) is 7.29. The lowest BCUT2D eigenvalue weighted by Gasteiger charge is -2.16. The normalized spacial score (nSPS) is 16.3. The maximum absolute atomic E-state index is 12.1. The van der Waals surface area contributed by atoms with E-state index in [4.69, 9.17) is 17.3 Å². The minimum atomic E-state index is -0.647. The second-order valence-electron chi connectivity index (χ2n) is 5.83. The van der Waals surface area contributed by atoms with Crippen molar-refractivity contribution in [3.63, 3.8) is 0 Å². The first kappa shape index (κ1) is 18.2. The average Bonchev–Trinajstić information content (AvgIpc) is 3.11. The number of hydrogen-bond donors (Lipinski definition) is 2. The third-order valence-corrected chi connectivity index (χ3v) is 5.55. The Morgan fingerprint density at radius 2 is 2.00 bits per heavy atom. The number of amides is 1. The maximum atomic E-state index is 12.1. The van der Waals surface area contributed by atoms with Crippen LogP contribution < -0.4 is 11.1 Å². The zero-order chi connectivity index (χ0) is 15.9. The van der Waals surface area contributed by atoms with Gasteiger partial charge >= 0.3 is 0 Å². The lowest BCUT2D eigenvalue weighted by molar-refractivity contribution is -0.123. The Hall–Kier alpha value is -1.14. The smallest absolute Gasteiger partial charge is 0.240 e. The van der Waals surface area contributed by atoms with E-state index in [2.05, 4.69) is 10.3 Å². The third-order valence-electron chi connectivity index (χ3n) is 3.91. The van der Waals surface area contributed by atoms with Crippen LogP contribution in [0.3, 0.4) is 0 Å². The molecule has 1 unspecified atom stereocenters. The third kappa shape index (κ3) is 3.86. The number of aromatic nitrogens is 1. The number of hydrogen-bond acceptors (Lipinski definition) is 4. The summed E-state index contributed by atoms with van der Waals surface area (Å²) in [5, 5.41) is 4.63. The lowest BCUT2D eigenvalue weighted by Crippen LogP contribution is -2.43. The van der Waals surface area contributed by atoms with Crippen molar-refractivity contribution in [2.24, 2.45) is 5.73 Å². The average molecular weight is 372 g/mol. The van der Waals surface area contributed by atoms with Crippen LogP contribution in [0, 0.1) is 6.92 Å². The van der Waals surface area contributed by atoms with Crippen LogP contribution in [-0.4, -0.2) is 16.4 Å². The van der Waals surface area contributed by atoms with Gasteiger partial charge in [0.05, 0.1) is 22.2 Å². The van der Waals surface area contributed by atoms with Crippen LogP contribution in [0.15, 0.2) is 24.3 Å². The molecule has 7 heteroatoms. The summed E-state index contributed by atoms with van der Waals surface area (Å²) in [6, 6.07) is 7.51. The molecule has 1 saturated carbocycles. The Kier molecular flexibility index (Phi) is 5.36. The van der Waals surface area contributed by atoms with Crippen LogP contribution in [0.1, 0.15) is 36.4 Å². The monoisotopic (exact) mass is 371 g/mol. The second kappa shape index (κ2) is 6.77. The molecule has 0 radical (unpaired) electrons. The molecule has 0 bridgehead atoms.